The van der Waals surface area contributed by atoms with Crippen LogP contribution in [0.5, 0.6) is 0 Å². The summed E-state index contributed by atoms with van der Waals surface area (Å²) in [5.74, 6) is 0.976. The molecule has 0 spiro atoms. The van der Waals surface area contributed by atoms with Crippen molar-refractivity contribution in [2.45, 2.75) is 77.5 Å². The average molecular weight is 308 g/mol. The average Bonchev–Trinajstić information content (AvgIpc) is 2.75. The zero-order chi connectivity index (χ0) is 15.7. The number of carbonyl (C=O) groups excluding carboxylic acids is 1. The van der Waals surface area contributed by atoms with E-state index in [4.69, 9.17) is 4.74 Å². The van der Waals surface area contributed by atoms with Gasteiger partial charge in [0.1, 0.15) is 0 Å². The highest BCUT2D eigenvalue weighted by molar-refractivity contribution is 5.76. The molecule has 2 heterocycles. The molecule has 1 saturated carbocycles. The van der Waals surface area contributed by atoms with Gasteiger partial charge in [-0.2, -0.15) is 0 Å². The fraction of sp³-hybridized carbons (Fsp3) is 0.944. The first kappa shape index (κ1) is 16.3. The first-order valence-electron chi connectivity index (χ1n) is 9.15. The van der Waals surface area contributed by atoms with Gasteiger partial charge in [0.15, 0.2) is 0 Å². The third-order valence-electron chi connectivity index (χ3n) is 6.00. The Balaban J connectivity index is 1.49. The van der Waals surface area contributed by atoms with Crippen molar-refractivity contribution in [2.24, 2.45) is 11.3 Å². The Kier molecular flexibility index (Phi) is 4.79. The SMILES string of the molecule is C[C@H](CC(=O)N1CCCCCC1)N[C@@H]1[C@@H]2CCO[C@@H]2C1(C)C. The second kappa shape index (κ2) is 6.48. The van der Waals surface area contributed by atoms with Gasteiger partial charge in [0.2, 0.25) is 5.91 Å². The Morgan fingerprint density at radius 2 is 1.95 bits per heavy atom. The van der Waals surface area contributed by atoms with Crippen molar-refractivity contribution in [3.05, 3.63) is 0 Å². The molecule has 4 heteroatoms. The minimum atomic E-state index is 0.196. The number of nitrogens with one attached hydrogen (secondary N) is 1. The third kappa shape index (κ3) is 3.05. The maximum absolute atomic E-state index is 12.5. The Hall–Kier alpha value is -0.610. The number of hydrogen-bond acceptors (Lipinski definition) is 3. The topological polar surface area (TPSA) is 41.6 Å². The molecular weight excluding hydrogens is 276 g/mol. The maximum Gasteiger partial charge on any atom is 0.224 e. The molecule has 4 atom stereocenters. The Bertz CT molecular complexity index is 402. The molecule has 1 N–H and O–H groups in total. The second-order valence-electron chi connectivity index (χ2n) is 8.11. The van der Waals surface area contributed by atoms with Gasteiger partial charge in [0, 0.05) is 49.5 Å². The summed E-state index contributed by atoms with van der Waals surface area (Å²) in [7, 11) is 0. The van der Waals surface area contributed by atoms with Gasteiger partial charge in [0.05, 0.1) is 6.10 Å². The number of rotatable bonds is 4. The van der Waals surface area contributed by atoms with Crippen LogP contribution in [0.15, 0.2) is 0 Å². The highest BCUT2D eigenvalue weighted by atomic mass is 16.5. The van der Waals surface area contributed by atoms with Gasteiger partial charge in [-0.05, 0) is 26.2 Å². The van der Waals surface area contributed by atoms with Gasteiger partial charge < -0.3 is 15.0 Å². The molecule has 3 fully saturated rings. The van der Waals surface area contributed by atoms with Crippen LogP contribution in [0.3, 0.4) is 0 Å². The number of carbonyl (C=O) groups is 1. The lowest BCUT2D eigenvalue weighted by Gasteiger charge is -2.55. The van der Waals surface area contributed by atoms with E-state index in [1.54, 1.807) is 0 Å². The van der Waals surface area contributed by atoms with Crippen molar-refractivity contribution < 1.29 is 9.53 Å². The van der Waals surface area contributed by atoms with Crippen molar-refractivity contribution in [1.82, 2.24) is 10.2 Å². The van der Waals surface area contributed by atoms with Crippen LogP contribution in [0, 0.1) is 11.3 Å². The van der Waals surface area contributed by atoms with Crippen molar-refractivity contribution in [3.8, 4) is 0 Å². The van der Waals surface area contributed by atoms with Crippen LogP contribution in [0.25, 0.3) is 0 Å². The number of amides is 1. The van der Waals surface area contributed by atoms with Gasteiger partial charge in [-0.1, -0.05) is 26.7 Å². The number of nitrogens with zero attached hydrogens (tertiary/aromatic N) is 1. The summed E-state index contributed by atoms with van der Waals surface area (Å²) >= 11 is 0. The molecule has 0 unspecified atom stereocenters. The standard InChI is InChI=1S/C18H32N2O2/c1-13(12-15(21)20-9-6-4-5-7-10-20)19-16-14-8-11-22-17(14)18(16,2)3/h13-14,16-17,19H,4-12H2,1-3H3/t13-,14+,16-,17+/m1/s1. The molecule has 0 bridgehead atoms. The van der Waals surface area contributed by atoms with Gasteiger partial charge in [-0.15, -0.1) is 0 Å². The largest absolute Gasteiger partial charge is 0.377 e. The summed E-state index contributed by atoms with van der Waals surface area (Å²) in [4.78, 5) is 14.6. The first-order chi connectivity index (χ1) is 10.5. The fourth-order valence-electron chi connectivity index (χ4n) is 4.74. The van der Waals surface area contributed by atoms with Gasteiger partial charge in [-0.25, -0.2) is 0 Å². The highest BCUT2D eigenvalue weighted by Gasteiger charge is 2.59. The Morgan fingerprint density at radius 1 is 1.27 bits per heavy atom. The summed E-state index contributed by atoms with van der Waals surface area (Å²) < 4.78 is 5.85. The molecule has 22 heavy (non-hydrogen) atoms. The lowest BCUT2D eigenvalue weighted by molar-refractivity contribution is -0.133. The van der Waals surface area contributed by atoms with Crippen molar-refractivity contribution in [1.29, 1.82) is 0 Å². The number of ether oxygens (including phenoxy) is 1. The lowest BCUT2D eigenvalue weighted by Crippen LogP contribution is -2.67. The molecule has 2 aliphatic heterocycles. The minimum absolute atomic E-state index is 0.196. The molecule has 1 aliphatic carbocycles. The quantitative estimate of drug-likeness (QED) is 0.868. The molecule has 0 aromatic carbocycles. The Morgan fingerprint density at radius 3 is 2.64 bits per heavy atom. The zero-order valence-corrected chi connectivity index (χ0v) is 14.4. The number of likely N-dealkylation sites (tertiary alicyclic amines) is 1. The van der Waals surface area contributed by atoms with E-state index in [2.05, 4.69) is 31.0 Å². The van der Waals surface area contributed by atoms with E-state index in [0.717, 1.165) is 19.7 Å². The molecule has 3 rings (SSSR count). The van der Waals surface area contributed by atoms with Crippen LogP contribution in [0.1, 0.15) is 59.3 Å². The first-order valence-corrected chi connectivity index (χ1v) is 9.15. The van der Waals surface area contributed by atoms with E-state index in [9.17, 15) is 4.79 Å². The molecule has 0 aromatic heterocycles. The molecule has 4 nitrogen and oxygen atoms in total. The van der Waals surface area contributed by atoms with Crippen LogP contribution >= 0.6 is 0 Å². The monoisotopic (exact) mass is 308 g/mol. The van der Waals surface area contributed by atoms with Gasteiger partial charge in [0.25, 0.3) is 0 Å². The van der Waals surface area contributed by atoms with Crippen LogP contribution in [0.2, 0.25) is 0 Å². The predicted octanol–water partition coefficient (Wildman–Crippen LogP) is 2.57. The maximum atomic E-state index is 12.5. The molecule has 2 saturated heterocycles. The lowest BCUT2D eigenvalue weighted by atomic mass is 9.57. The van der Waals surface area contributed by atoms with Gasteiger partial charge >= 0.3 is 0 Å². The molecule has 1 amide bonds. The molecule has 3 aliphatic rings. The van der Waals surface area contributed by atoms with E-state index in [1.807, 2.05) is 0 Å². The summed E-state index contributed by atoms with van der Waals surface area (Å²) in [6.45, 7) is 9.56. The highest BCUT2D eigenvalue weighted by Crippen LogP contribution is 2.52. The summed E-state index contributed by atoms with van der Waals surface area (Å²) in [5, 5.41) is 3.74. The molecule has 126 valence electrons. The van der Waals surface area contributed by atoms with E-state index in [1.165, 1.54) is 32.1 Å². The van der Waals surface area contributed by atoms with E-state index < -0.39 is 0 Å². The smallest absolute Gasteiger partial charge is 0.224 e. The zero-order valence-electron chi connectivity index (χ0n) is 14.4. The van der Waals surface area contributed by atoms with Crippen LogP contribution in [-0.4, -0.2) is 48.7 Å². The van der Waals surface area contributed by atoms with Crippen LogP contribution < -0.4 is 5.32 Å². The van der Waals surface area contributed by atoms with Gasteiger partial charge in [-0.3, -0.25) is 4.79 Å². The molecule has 0 radical (unpaired) electrons. The minimum Gasteiger partial charge on any atom is -0.377 e. The summed E-state index contributed by atoms with van der Waals surface area (Å²) in [6, 6.07) is 0.744. The van der Waals surface area contributed by atoms with Crippen molar-refractivity contribution in [3.63, 3.8) is 0 Å². The van der Waals surface area contributed by atoms with E-state index in [-0.39, 0.29) is 11.5 Å². The number of hydrogen-bond donors (Lipinski definition) is 1. The normalized spacial score (nSPS) is 35.4. The third-order valence-corrected chi connectivity index (χ3v) is 6.00. The van der Waals surface area contributed by atoms with E-state index in [0.29, 0.717) is 30.4 Å². The number of fused-ring (bicyclic) bond motifs is 1. The van der Waals surface area contributed by atoms with E-state index >= 15 is 0 Å². The molecular formula is C18H32N2O2. The van der Waals surface area contributed by atoms with Crippen LogP contribution in [0.4, 0.5) is 0 Å². The fourth-order valence-corrected chi connectivity index (χ4v) is 4.74. The Labute approximate surface area is 135 Å². The predicted molar refractivity (Wildman–Crippen MR) is 87.7 cm³/mol. The summed E-state index contributed by atoms with van der Waals surface area (Å²) in [6.07, 6.45) is 7.10. The summed E-state index contributed by atoms with van der Waals surface area (Å²) in [5.41, 5.74) is 0.196. The van der Waals surface area contributed by atoms with Crippen molar-refractivity contribution >= 4 is 5.91 Å². The molecule has 0 aromatic rings. The van der Waals surface area contributed by atoms with Crippen LogP contribution in [-0.2, 0) is 9.53 Å². The van der Waals surface area contributed by atoms with Crippen molar-refractivity contribution in [2.75, 3.05) is 19.7 Å². The second-order valence-corrected chi connectivity index (χ2v) is 8.11.